The van der Waals surface area contributed by atoms with Gasteiger partial charge in [-0.2, -0.15) is 42.6 Å². The fourth-order valence-corrected chi connectivity index (χ4v) is 9.21. The molecule has 0 fully saturated rings. The monoisotopic (exact) mass is 2060 g/mol. The molecule has 3 N–H and O–H groups in total. The molecule has 0 saturated heterocycles. The summed E-state index contributed by atoms with van der Waals surface area (Å²) in [6.45, 7) is 30.4. The molecule has 6 aromatic carbocycles. The number of halogens is 3. The van der Waals surface area contributed by atoms with E-state index in [0.717, 1.165) is 125 Å². The van der Waals surface area contributed by atoms with Gasteiger partial charge in [0.05, 0.1) is 82.2 Å². The summed E-state index contributed by atoms with van der Waals surface area (Å²) >= 11 is 0. The summed E-state index contributed by atoms with van der Waals surface area (Å²) in [4.78, 5) is 116. The smallest absolute Gasteiger partial charge is 0.418 e. The Balaban J connectivity index is -0.000000303. The van der Waals surface area contributed by atoms with Gasteiger partial charge in [-0.15, -0.1) is 38.7 Å². The number of nitrogens with one attached hydrogen (secondary N) is 3. The molecule has 0 aliphatic rings. The number of ether oxygens (including phenoxy) is 10. The van der Waals surface area contributed by atoms with Crippen LogP contribution in [0.4, 0.5) is 24.5 Å². The van der Waals surface area contributed by atoms with Crippen LogP contribution in [-0.2, 0) is 63.4 Å². The van der Waals surface area contributed by atoms with E-state index in [1.807, 2.05) is 76.2 Å². The quantitative estimate of drug-likeness (QED) is 0.00368. The summed E-state index contributed by atoms with van der Waals surface area (Å²) in [6, 6.07) is 37.8. The van der Waals surface area contributed by atoms with E-state index < -0.39 is 29.3 Å². The maximum absolute atomic E-state index is 13.2. The molecule has 0 aliphatic carbocycles. The van der Waals surface area contributed by atoms with Gasteiger partial charge in [-0.1, -0.05) is 182 Å². The van der Waals surface area contributed by atoms with Crippen LogP contribution in [0.1, 0.15) is 171 Å². The van der Waals surface area contributed by atoms with Crippen LogP contribution in [0.3, 0.4) is 0 Å². The first-order valence-corrected chi connectivity index (χ1v) is 42.6. The van der Waals surface area contributed by atoms with E-state index in [9.17, 15) is 51.5 Å². The molecule has 2 amide bonds. The van der Waals surface area contributed by atoms with E-state index in [1.165, 1.54) is 93.0 Å². The van der Waals surface area contributed by atoms with E-state index in [4.69, 9.17) is 120 Å². The number of aryl methyl sites for hydroxylation is 5. The maximum atomic E-state index is 13.2. The van der Waals surface area contributed by atoms with Gasteiger partial charge in [0.2, 0.25) is 0 Å². The number of unbranched alkanes of at least 4 members (excludes halogenated alkanes) is 12. The Morgan fingerprint density at radius 3 is 0.770 bits per heavy atom. The Bertz CT molecular complexity index is 5250. The molecule has 6 rings (SSSR count). The molecular formula is C86H112F3N41O18. The van der Waals surface area contributed by atoms with Crippen molar-refractivity contribution < 1.29 is 98.9 Å². The van der Waals surface area contributed by atoms with E-state index in [-0.39, 0.29) is 47.1 Å². The van der Waals surface area contributed by atoms with E-state index in [1.54, 1.807) is 61.6 Å². The van der Waals surface area contributed by atoms with Crippen molar-refractivity contribution in [3.63, 3.8) is 0 Å². The molecule has 0 spiro atoms. The van der Waals surface area contributed by atoms with Crippen LogP contribution in [0, 0.1) is 40.1 Å². The number of benzene rings is 6. The second kappa shape index (κ2) is 105. The summed E-state index contributed by atoms with van der Waals surface area (Å²) in [7, 11) is 3.38. The molecule has 0 radical (unpaired) electrons. The zero-order valence-electron chi connectivity index (χ0n) is 82.3. The zero-order valence-corrected chi connectivity index (χ0v) is 82.3. The minimum absolute atomic E-state index is 0.168. The number of nitrogens with zero attached hydrogens (tertiary/aromatic N) is 38. The highest BCUT2D eigenvalue weighted by molar-refractivity contribution is 6.05. The Kier molecular flexibility index (Phi) is 100. The van der Waals surface area contributed by atoms with Crippen molar-refractivity contribution in [2.24, 2.45) is 62.7 Å². The maximum Gasteiger partial charge on any atom is 0.418 e. The molecule has 0 aliphatic heterocycles. The average molecular weight is 2070 g/mol. The molecule has 0 saturated carbocycles. The molecule has 0 heterocycles. The lowest BCUT2D eigenvalue weighted by Gasteiger charge is -2.15. The highest BCUT2D eigenvalue weighted by Crippen LogP contribution is 2.38. The Morgan fingerprint density at radius 2 is 0.527 bits per heavy atom. The molecule has 0 atom stereocenters. The van der Waals surface area contributed by atoms with Crippen molar-refractivity contribution in [3.05, 3.63) is 364 Å². The summed E-state index contributed by atoms with van der Waals surface area (Å²) in [5.74, 6) is -1.28. The number of carbonyl (C=O) groups excluding carboxylic acids is 8. The standard InChI is InChI=1S/C18H26O3.C17H14F3NO3.C17H17NO3.C14H18O3.C12H22O3.C8H14O3.6N6.HN3/c1-3-18(19)21-15-9-7-5-4-6-8-14-20-17-12-10-16(2)11-13-17;1-10-3-5-12(6-4-10)16(23)21-15-8-7-13(24-11(2)22)9-14(15)17(18,19)20;1-11-4-6-14(7-5-11)17(20)18-16-9-8-15(10-12(16)2)21-13(3)19;1-3-14(15)17-11-5-4-10-16-13-8-6-12(2)7-9-13;1-3-12(13)15-11-9-7-5-4-6-8-10-14-2;1-3-8(9)11-7-5-4-6-10-2;6*1-3-5-6-4-2;1-3-2/h3,10-13H,1,4-9,14-15H2,2H3;3-9H,1-2H3,(H,21,23);4-10H,1-3H3,(H,18,20);3,6-9H,1,4-5,10-11H2,2H3;3H,1,4-11H2,2H3;3H,1,4-7H2,2H3;;;;;;;1H. The van der Waals surface area contributed by atoms with Crippen LogP contribution in [0.2, 0.25) is 0 Å². The molecule has 59 nitrogen and oxygen atoms in total. The van der Waals surface area contributed by atoms with Crippen LogP contribution in [0.5, 0.6) is 23.0 Å². The predicted molar refractivity (Wildman–Crippen MR) is 538 cm³/mol. The average Bonchev–Trinajstić information content (AvgIpc) is 0.808. The lowest BCUT2D eigenvalue weighted by molar-refractivity contribution is -0.138. The third kappa shape index (κ3) is 98.0. The van der Waals surface area contributed by atoms with Gasteiger partial charge in [0.1, 0.15) is 23.0 Å². The van der Waals surface area contributed by atoms with Crippen LogP contribution in [0.25, 0.3) is 136 Å². The Hall–Kier alpha value is -19.6. The summed E-state index contributed by atoms with van der Waals surface area (Å²) < 4.78 is 89.5. The number of azide groups is 12. The lowest BCUT2D eigenvalue weighted by Crippen LogP contribution is -2.17. The van der Waals surface area contributed by atoms with Crippen molar-refractivity contribution in [1.82, 2.24) is 0 Å². The van der Waals surface area contributed by atoms with Crippen molar-refractivity contribution in [1.29, 1.82) is 5.53 Å². The van der Waals surface area contributed by atoms with Gasteiger partial charge < -0.3 is 58.0 Å². The zero-order chi connectivity index (χ0) is 113. The van der Waals surface area contributed by atoms with Crippen LogP contribution < -0.4 is 29.6 Å². The number of anilines is 2. The third-order valence-corrected chi connectivity index (χ3v) is 15.6. The third-order valence-electron chi connectivity index (χ3n) is 15.6. The van der Waals surface area contributed by atoms with Crippen molar-refractivity contribution >= 4 is 59.0 Å². The summed E-state index contributed by atoms with van der Waals surface area (Å²) in [6.07, 6.45) is 17.0. The largest absolute Gasteiger partial charge is 0.494 e. The van der Waals surface area contributed by atoms with Gasteiger partial charge in [-0.05, 0) is 187 Å². The fourth-order valence-electron chi connectivity index (χ4n) is 9.21. The van der Waals surface area contributed by atoms with Gasteiger partial charge in [-0.3, -0.25) is 19.2 Å². The molecule has 62 heteroatoms. The van der Waals surface area contributed by atoms with Crippen molar-refractivity contribution in [2.45, 2.75) is 157 Å². The molecule has 148 heavy (non-hydrogen) atoms. The van der Waals surface area contributed by atoms with Crippen LogP contribution in [-0.4, -0.2) is 115 Å². The van der Waals surface area contributed by atoms with Crippen molar-refractivity contribution in [3.8, 4) is 23.0 Å². The lowest BCUT2D eigenvalue weighted by atomic mass is 10.1. The molecular weight excluding hydrogens is 1950 g/mol. The van der Waals surface area contributed by atoms with E-state index in [0.29, 0.717) is 62.7 Å². The Morgan fingerprint density at radius 1 is 0.318 bits per heavy atom. The van der Waals surface area contributed by atoms with Gasteiger partial charge in [-0.25, -0.2) is 19.2 Å². The van der Waals surface area contributed by atoms with Gasteiger partial charge >= 0.3 is 42.0 Å². The van der Waals surface area contributed by atoms with Gasteiger partial charge in [0.15, 0.2) is 0 Å². The number of amides is 2. The van der Waals surface area contributed by atoms with Gasteiger partial charge in [0, 0.05) is 112 Å². The second-order valence-corrected chi connectivity index (χ2v) is 26.7. The molecule has 6 aromatic rings. The first kappa shape index (κ1) is 141. The number of carbonyl (C=O) groups is 8. The minimum atomic E-state index is -4.72. The number of hydrogen-bond donors (Lipinski definition) is 3. The molecule has 0 unspecified atom stereocenters. The van der Waals surface area contributed by atoms with Crippen LogP contribution in [0.15, 0.2) is 247 Å². The van der Waals surface area contributed by atoms with E-state index >= 15 is 0 Å². The second-order valence-electron chi connectivity index (χ2n) is 26.7. The highest BCUT2D eigenvalue weighted by Gasteiger charge is 2.35. The van der Waals surface area contributed by atoms with Crippen molar-refractivity contribution in [2.75, 3.05) is 77.7 Å². The number of esters is 6. The normalized spacial score (nSPS) is 8.65. The first-order valence-electron chi connectivity index (χ1n) is 42.6. The van der Waals surface area contributed by atoms with Crippen LogP contribution >= 0.6 is 0 Å². The molecule has 790 valence electrons. The summed E-state index contributed by atoms with van der Waals surface area (Å²) in [5.41, 5.74) is 106. The SMILES string of the molecule is C=CC(=O)OCCCCCCCCOC.C=CC(=O)OCCCCCCCCOc1ccc(C)cc1.C=CC(=O)OCCCCOC.C=CC(=O)OCCCCOc1ccc(C)cc1.CC(=O)Oc1ccc(NC(=O)c2ccc(C)cc2)c(C(F)(F)F)c1.CC(=O)Oc1ccc(NC(=O)c2ccc(C)cc2)c(C)c1.[N-]=[N+]=N.[N-]=[N+]=NN=[N+]=[N-].[N-]=[N+]=NN=[N+]=[N-].[N-]=[N+]=NN=[N+]=[N-].[N-]=[N+]=NN=[N+]=[N-].[N-]=[N+]=NN=[N+]=[N-].[N-]=[N+]=NN=[N+]=[N-]. The number of alkyl halides is 3. The minimum Gasteiger partial charge on any atom is -0.494 e. The first-order chi connectivity index (χ1) is 71.1. The molecule has 0 bridgehead atoms. The highest BCUT2D eigenvalue weighted by atomic mass is 19.4. The predicted octanol–water partition coefficient (Wildman–Crippen LogP) is 28.9. The van der Waals surface area contributed by atoms with Gasteiger partial charge in [0.25, 0.3) is 43.2 Å². The number of methoxy groups -OCH3 is 2. The number of hydrogen-bond acceptors (Lipinski definition) is 19. The fraction of sp³-hybridized carbons (Fsp3) is 0.395. The number of rotatable bonds is 46. The molecule has 0 aromatic heterocycles. The topological polar surface area (TPSA) is 898 Å². The van der Waals surface area contributed by atoms with E-state index in [2.05, 4.69) is 182 Å². The Labute approximate surface area is 845 Å². The summed E-state index contributed by atoms with van der Waals surface area (Å²) in [5, 5.41) is 34.8.